The monoisotopic (exact) mass is 286 g/mol. The van der Waals surface area contributed by atoms with Crippen molar-refractivity contribution in [2.24, 2.45) is 5.92 Å². The summed E-state index contributed by atoms with van der Waals surface area (Å²) in [6, 6.07) is 0. The Morgan fingerprint density at radius 1 is 0.900 bits per heavy atom. The Labute approximate surface area is 126 Å². The van der Waals surface area contributed by atoms with Crippen LogP contribution in [0, 0.1) is 5.92 Å². The lowest BCUT2D eigenvalue weighted by molar-refractivity contribution is -0.870. The largest absolute Gasteiger partial charge is 0.481 e. The molecule has 3 nitrogen and oxygen atoms in total. The van der Waals surface area contributed by atoms with E-state index in [1.807, 2.05) is 0 Å². The van der Waals surface area contributed by atoms with Crippen LogP contribution in [0.5, 0.6) is 0 Å². The molecule has 0 saturated carbocycles. The molecule has 0 saturated heterocycles. The SMILES string of the molecule is CC(CCCCCCCCCC(=O)O)CC[N+](C)(C)C. The average molecular weight is 286 g/mol. The van der Waals surface area contributed by atoms with E-state index in [4.69, 9.17) is 5.11 Å². The summed E-state index contributed by atoms with van der Waals surface area (Å²) in [7, 11) is 6.78. The number of aliphatic carboxylic acids is 1. The third kappa shape index (κ3) is 15.5. The maximum absolute atomic E-state index is 10.4. The van der Waals surface area contributed by atoms with Gasteiger partial charge in [-0.1, -0.05) is 51.9 Å². The van der Waals surface area contributed by atoms with Crippen LogP contribution in [0.25, 0.3) is 0 Å². The Morgan fingerprint density at radius 2 is 1.40 bits per heavy atom. The van der Waals surface area contributed by atoms with Gasteiger partial charge in [0.2, 0.25) is 0 Å². The third-order valence-corrected chi connectivity index (χ3v) is 3.88. The van der Waals surface area contributed by atoms with E-state index in [1.165, 1.54) is 51.5 Å². The fraction of sp³-hybridized carbons (Fsp3) is 0.941. The first-order valence-electron chi connectivity index (χ1n) is 8.33. The molecule has 0 aromatic carbocycles. The molecular weight excluding hydrogens is 250 g/mol. The number of carbonyl (C=O) groups is 1. The minimum Gasteiger partial charge on any atom is -0.481 e. The summed E-state index contributed by atoms with van der Waals surface area (Å²) < 4.78 is 1.07. The highest BCUT2D eigenvalue weighted by atomic mass is 16.4. The van der Waals surface area contributed by atoms with Crippen LogP contribution in [0.15, 0.2) is 0 Å². The first-order chi connectivity index (χ1) is 9.31. The van der Waals surface area contributed by atoms with Gasteiger partial charge in [0.25, 0.3) is 0 Å². The van der Waals surface area contributed by atoms with E-state index in [0.717, 1.165) is 23.2 Å². The number of unbranched alkanes of at least 4 members (excludes halogenated alkanes) is 6. The normalized spacial score (nSPS) is 13.4. The number of carboxylic acid groups (broad SMARTS) is 1. The van der Waals surface area contributed by atoms with E-state index in [1.54, 1.807) is 0 Å². The lowest BCUT2D eigenvalue weighted by atomic mass is 9.98. The number of hydrogen-bond donors (Lipinski definition) is 1. The second-order valence-electron chi connectivity index (χ2n) is 7.32. The summed E-state index contributed by atoms with van der Waals surface area (Å²) in [5, 5.41) is 8.53. The van der Waals surface area contributed by atoms with Crippen molar-refractivity contribution in [1.82, 2.24) is 0 Å². The van der Waals surface area contributed by atoms with Crippen LogP contribution in [0.3, 0.4) is 0 Å². The molecule has 0 spiro atoms. The van der Waals surface area contributed by atoms with E-state index in [0.29, 0.717) is 6.42 Å². The van der Waals surface area contributed by atoms with Gasteiger partial charge in [-0.3, -0.25) is 4.79 Å². The molecule has 3 heteroatoms. The van der Waals surface area contributed by atoms with Gasteiger partial charge in [-0.05, 0) is 18.8 Å². The van der Waals surface area contributed by atoms with Gasteiger partial charge in [0.1, 0.15) is 0 Å². The molecule has 0 aliphatic carbocycles. The minimum absolute atomic E-state index is 0.337. The maximum Gasteiger partial charge on any atom is 0.303 e. The molecule has 120 valence electrons. The molecule has 0 rings (SSSR count). The Morgan fingerprint density at radius 3 is 1.90 bits per heavy atom. The van der Waals surface area contributed by atoms with Crippen molar-refractivity contribution in [2.45, 2.75) is 71.1 Å². The van der Waals surface area contributed by atoms with E-state index >= 15 is 0 Å². The van der Waals surface area contributed by atoms with E-state index in [-0.39, 0.29) is 0 Å². The molecule has 0 bridgehead atoms. The Bertz CT molecular complexity index is 246. The molecule has 0 aromatic rings. The van der Waals surface area contributed by atoms with Gasteiger partial charge in [-0.25, -0.2) is 0 Å². The Kier molecular flexibility index (Phi) is 10.8. The summed E-state index contributed by atoms with van der Waals surface area (Å²) in [6.07, 6.45) is 11.4. The van der Waals surface area contributed by atoms with Crippen molar-refractivity contribution in [3.8, 4) is 0 Å². The summed E-state index contributed by atoms with van der Waals surface area (Å²) in [5.41, 5.74) is 0. The molecule has 0 radical (unpaired) electrons. The Hall–Kier alpha value is -0.570. The van der Waals surface area contributed by atoms with Crippen LogP contribution in [0.1, 0.15) is 71.1 Å². The molecule has 0 aliphatic heterocycles. The highest BCUT2D eigenvalue weighted by Crippen LogP contribution is 2.16. The second kappa shape index (κ2) is 11.1. The first-order valence-corrected chi connectivity index (χ1v) is 8.33. The van der Waals surface area contributed by atoms with Crippen LogP contribution in [-0.4, -0.2) is 43.2 Å². The van der Waals surface area contributed by atoms with Crippen molar-refractivity contribution < 1.29 is 14.4 Å². The lowest BCUT2D eigenvalue weighted by Gasteiger charge is -2.25. The summed E-state index contributed by atoms with van der Waals surface area (Å²) >= 11 is 0. The third-order valence-electron chi connectivity index (χ3n) is 3.88. The minimum atomic E-state index is -0.659. The van der Waals surface area contributed by atoms with E-state index < -0.39 is 5.97 Å². The Balaban J connectivity index is 3.25. The molecule has 1 N–H and O–H groups in total. The van der Waals surface area contributed by atoms with Crippen molar-refractivity contribution in [1.29, 1.82) is 0 Å². The van der Waals surface area contributed by atoms with Crippen molar-refractivity contribution >= 4 is 5.97 Å². The molecule has 0 aliphatic rings. The van der Waals surface area contributed by atoms with Gasteiger partial charge in [0.05, 0.1) is 27.7 Å². The molecule has 0 amide bonds. The highest BCUT2D eigenvalue weighted by molar-refractivity contribution is 5.66. The predicted molar refractivity (Wildman–Crippen MR) is 85.9 cm³/mol. The number of nitrogens with zero attached hydrogens (tertiary/aromatic N) is 1. The smallest absolute Gasteiger partial charge is 0.303 e. The zero-order valence-corrected chi connectivity index (χ0v) is 14.2. The van der Waals surface area contributed by atoms with Crippen molar-refractivity contribution in [2.75, 3.05) is 27.7 Å². The first kappa shape index (κ1) is 19.4. The van der Waals surface area contributed by atoms with Gasteiger partial charge in [0.15, 0.2) is 0 Å². The molecule has 1 unspecified atom stereocenters. The molecule has 1 atom stereocenters. The second-order valence-corrected chi connectivity index (χ2v) is 7.32. The molecular formula is C17H36NO2+. The van der Waals surface area contributed by atoms with E-state index in [9.17, 15) is 4.79 Å². The van der Waals surface area contributed by atoms with Gasteiger partial charge in [-0.2, -0.15) is 0 Å². The maximum atomic E-state index is 10.4. The van der Waals surface area contributed by atoms with Crippen molar-refractivity contribution in [3.05, 3.63) is 0 Å². The lowest BCUT2D eigenvalue weighted by Crippen LogP contribution is -2.36. The fourth-order valence-corrected chi connectivity index (χ4v) is 2.40. The summed E-state index contributed by atoms with van der Waals surface area (Å²) in [5.74, 6) is 0.191. The number of hydrogen-bond acceptors (Lipinski definition) is 1. The predicted octanol–water partition coefficient (Wildman–Crippen LogP) is 4.31. The topological polar surface area (TPSA) is 37.3 Å². The number of carboxylic acids is 1. The van der Waals surface area contributed by atoms with Gasteiger partial charge >= 0.3 is 5.97 Å². The summed E-state index contributed by atoms with van der Waals surface area (Å²) in [6.45, 7) is 3.65. The van der Waals surface area contributed by atoms with Crippen LogP contribution in [0.4, 0.5) is 0 Å². The number of rotatable bonds is 13. The number of quaternary nitrogens is 1. The van der Waals surface area contributed by atoms with Crippen LogP contribution < -0.4 is 0 Å². The molecule has 0 aromatic heterocycles. The quantitative estimate of drug-likeness (QED) is 0.404. The zero-order valence-electron chi connectivity index (χ0n) is 14.2. The van der Waals surface area contributed by atoms with Gasteiger partial charge in [-0.15, -0.1) is 0 Å². The molecule has 0 heterocycles. The standard InChI is InChI=1S/C17H35NO2/c1-16(14-15-18(2,3)4)12-10-8-6-5-7-9-11-13-17(19)20/h16H,5-15H2,1-4H3/p+1. The zero-order chi connectivity index (χ0) is 15.4. The molecule has 20 heavy (non-hydrogen) atoms. The van der Waals surface area contributed by atoms with Gasteiger partial charge < -0.3 is 9.59 Å². The van der Waals surface area contributed by atoms with Crippen LogP contribution >= 0.6 is 0 Å². The van der Waals surface area contributed by atoms with Crippen LogP contribution in [0.2, 0.25) is 0 Å². The molecule has 0 fully saturated rings. The van der Waals surface area contributed by atoms with Crippen molar-refractivity contribution in [3.63, 3.8) is 0 Å². The van der Waals surface area contributed by atoms with Crippen LogP contribution in [-0.2, 0) is 4.79 Å². The summed E-state index contributed by atoms with van der Waals surface area (Å²) in [4.78, 5) is 10.4. The fourth-order valence-electron chi connectivity index (χ4n) is 2.40. The highest BCUT2D eigenvalue weighted by Gasteiger charge is 2.10. The average Bonchev–Trinajstić information content (AvgIpc) is 2.33. The van der Waals surface area contributed by atoms with Gasteiger partial charge in [0, 0.05) is 6.42 Å². The van der Waals surface area contributed by atoms with E-state index in [2.05, 4.69) is 28.1 Å².